The van der Waals surface area contributed by atoms with E-state index < -0.39 is 0 Å². The number of hydrogen-bond acceptors (Lipinski definition) is 2. The summed E-state index contributed by atoms with van der Waals surface area (Å²) in [4.78, 5) is 12.3. The van der Waals surface area contributed by atoms with Crippen molar-refractivity contribution in [1.29, 1.82) is 0 Å². The highest BCUT2D eigenvalue weighted by Gasteiger charge is 2.13. The first-order valence-corrected chi connectivity index (χ1v) is 7.46. The van der Waals surface area contributed by atoms with E-state index in [9.17, 15) is 4.79 Å². The molecule has 0 radical (unpaired) electrons. The number of amides is 1. The molecule has 1 aromatic carbocycles. The number of hydrogen-bond donors (Lipinski definition) is 2. The van der Waals surface area contributed by atoms with Gasteiger partial charge in [-0.1, -0.05) is 31.8 Å². The van der Waals surface area contributed by atoms with E-state index in [1.807, 2.05) is 32.0 Å². The summed E-state index contributed by atoms with van der Waals surface area (Å²) in [6.07, 6.45) is 2.08. The van der Waals surface area contributed by atoms with Crippen molar-refractivity contribution in [3.8, 4) is 11.8 Å². The maximum absolute atomic E-state index is 12.3. The molecule has 0 aromatic heterocycles. The highest BCUT2D eigenvalue weighted by molar-refractivity contribution is 5.96. The molecule has 0 bridgehead atoms. The molecule has 21 heavy (non-hydrogen) atoms. The van der Waals surface area contributed by atoms with Crippen molar-refractivity contribution >= 4 is 5.91 Å². The van der Waals surface area contributed by atoms with Crippen LogP contribution >= 0.6 is 0 Å². The monoisotopic (exact) mass is 287 g/mol. The molecule has 0 saturated heterocycles. The van der Waals surface area contributed by atoms with Crippen molar-refractivity contribution in [2.24, 2.45) is 5.92 Å². The zero-order chi connectivity index (χ0) is 15.8. The minimum Gasteiger partial charge on any atom is -0.384 e. The third-order valence-corrected chi connectivity index (χ3v) is 3.44. The molecular formula is C18H25NO2. The van der Waals surface area contributed by atoms with Crippen LogP contribution in [-0.2, 0) is 0 Å². The fraction of sp³-hybridized carbons (Fsp3) is 0.500. The van der Waals surface area contributed by atoms with Gasteiger partial charge in [-0.25, -0.2) is 0 Å². The Morgan fingerprint density at radius 3 is 2.62 bits per heavy atom. The number of aliphatic hydroxyl groups is 1. The van der Waals surface area contributed by atoms with Gasteiger partial charge in [0.25, 0.3) is 5.91 Å². The number of aliphatic hydroxyl groups excluding tert-OH is 1. The van der Waals surface area contributed by atoms with E-state index in [0.717, 1.165) is 24.0 Å². The second kappa shape index (κ2) is 8.49. The number of carbonyl (C=O) groups excluding carboxylic acids is 1. The van der Waals surface area contributed by atoms with Crippen molar-refractivity contribution < 1.29 is 9.90 Å². The van der Waals surface area contributed by atoms with Crippen LogP contribution in [0, 0.1) is 24.7 Å². The molecule has 0 heterocycles. The summed E-state index contributed by atoms with van der Waals surface area (Å²) in [5.74, 6) is 6.07. The Hall–Kier alpha value is -1.79. The van der Waals surface area contributed by atoms with Crippen LogP contribution in [0.4, 0.5) is 0 Å². The van der Waals surface area contributed by atoms with Crippen LogP contribution in [0.15, 0.2) is 18.2 Å². The Bertz CT molecular complexity index is 538. The van der Waals surface area contributed by atoms with Gasteiger partial charge in [0.05, 0.1) is 0 Å². The van der Waals surface area contributed by atoms with Crippen LogP contribution in [0.1, 0.15) is 55.1 Å². The van der Waals surface area contributed by atoms with E-state index in [2.05, 4.69) is 31.0 Å². The first-order chi connectivity index (χ1) is 9.95. The highest BCUT2D eigenvalue weighted by Crippen LogP contribution is 2.14. The van der Waals surface area contributed by atoms with Gasteiger partial charge in [0, 0.05) is 17.2 Å². The van der Waals surface area contributed by atoms with Gasteiger partial charge in [0.2, 0.25) is 0 Å². The summed E-state index contributed by atoms with van der Waals surface area (Å²) in [6.45, 7) is 8.10. The van der Waals surface area contributed by atoms with Crippen LogP contribution < -0.4 is 5.32 Å². The average molecular weight is 287 g/mol. The van der Waals surface area contributed by atoms with E-state index in [0.29, 0.717) is 11.5 Å². The molecule has 0 saturated carbocycles. The number of rotatable bonds is 5. The summed E-state index contributed by atoms with van der Waals surface area (Å²) in [5, 5.41) is 11.8. The van der Waals surface area contributed by atoms with Gasteiger partial charge in [-0.3, -0.25) is 4.79 Å². The highest BCUT2D eigenvalue weighted by atomic mass is 16.2. The molecule has 2 N–H and O–H groups in total. The SMILES string of the molecule is Cc1c(C#CCO)cccc1C(=O)NC(C)CCC(C)C. The Morgan fingerprint density at radius 2 is 2.00 bits per heavy atom. The lowest BCUT2D eigenvalue weighted by Gasteiger charge is -2.16. The van der Waals surface area contributed by atoms with Gasteiger partial charge in [-0.2, -0.15) is 0 Å². The lowest BCUT2D eigenvalue weighted by Crippen LogP contribution is -2.33. The lowest BCUT2D eigenvalue weighted by atomic mass is 10.0. The van der Waals surface area contributed by atoms with Crippen LogP contribution in [0.2, 0.25) is 0 Å². The van der Waals surface area contributed by atoms with Gasteiger partial charge >= 0.3 is 0 Å². The Morgan fingerprint density at radius 1 is 1.29 bits per heavy atom. The van der Waals surface area contributed by atoms with E-state index >= 15 is 0 Å². The summed E-state index contributed by atoms with van der Waals surface area (Å²) in [7, 11) is 0. The molecule has 0 aliphatic rings. The topological polar surface area (TPSA) is 49.3 Å². The zero-order valence-electron chi connectivity index (χ0n) is 13.4. The van der Waals surface area contributed by atoms with Crippen LogP contribution in [0.25, 0.3) is 0 Å². The molecule has 1 atom stereocenters. The molecule has 0 aliphatic heterocycles. The van der Waals surface area contributed by atoms with E-state index in [1.165, 1.54) is 0 Å². The zero-order valence-corrected chi connectivity index (χ0v) is 13.4. The third-order valence-electron chi connectivity index (χ3n) is 3.44. The van der Waals surface area contributed by atoms with Crippen LogP contribution in [0.5, 0.6) is 0 Å². The largest absolute Gasteiger partial charge is 0.384 e. The molecule has 3 heteroatoms. The van der Waals surface area contributed by atoms with Crippen molar-refractivity contribution in [3.05, 3.63) is 34.9 Å². The number of benzene rings is 1. The minimum atomic E-state index is -0.178. The second-order valence-electron chi connectivity index (χ2n) is 5.78. The minimum absolute atomic E-state index is 0.0589. The molecular weight excluding hydrogens is 262 g/mol. The van der Waals surface area contributed by atoms with Crippen molar-refractivity contribution in [3.63, 3.8) is 0 Å². The predicted molar refractivity (Wildman–Crippen MR) is 86.1 cm³/mol. The van der Waals surface area contributed by atoms with Gasteiger partial charge in [-0.05, 0) is 50.3 Å². The van der Waals surface area contributed by atoms with E-state index in [4.69, 9.17) is 5.11 Å². The second-order valence-corrected chi connectivity index (χ2v) is 5.78. The van der Waals surface area contributed by atoms with E-state index in [1.54, 1.807) is 0 Å². The standard InChI is InChI=1S/C18H25NO2/c1-13(2)10-11-14(3)19-18(21)17-9-5-7-16(15(17)4)8-6-12-20/h5,7,9,13-14,20H,10-12H2,1-4H3,(H,19,21). The Kier molecular flexibility index (Phi) is 6.98. The molecule has 0 fully saturated rings. The summed E-state index contributed by atoms with van der Waals surface area (Å²) >= 11 is 0. The first-order valence-electron chi connectivity index (χ1n) is 7.46. The Balaban J connectivity index is 2.78. The third kappa shape index (κ3) is 5.61. The summed E-state index contributed by atoms with van der Waals surface area (Å²) in [5.41, 5.74) is 2.29. The molecule has 1 rings (SSSR count). The van der Waals surface area contributed by atoms with Gasteiger partial charge in [0.1, 0.15) is 6.61 Å². The molecule has 1 aromatic rings. The lowest BCUT2D eigenvalue weighted by molar-refractivity contribution is 0.0936. The summed E-state index contributed by atoms with van der Waals surface area (Å²) < 4.78 is 0. The van der Waals surface area contributed by atoms with Crippen LogP contribution in [0.3, 0.4) is 0 Å². The quantitative estimate of drug-likeness (QED) is 0.818. The fourth-order valence-electron chi connectivity index (χ4n) is 2.11. The number of nitrogens with one attached hydrogen (secondary N) is 1. The summed E-state index contributed by atoms with van der Waals surface area (Å²) in [6, 6.07) is 5.65. The van der Waals surface area contributed by atoms with Crippen molar-refractivity contribution in [1.82, 2.24) is 5.32 Å². The first kappa shape index (κ1) is 17.3. The number of carbonyl (C=O) groups is 1. The molecule has 114 valence electrons. The van der Waals surface area contributed by atoms with Crippen molar-refractivity contribution in [2.45, 2.75) is 46.6 Å². The molecule has 1 unspecified atom stereocenters. The molecule has 0 spiro atoms. The molecule has 0 aliphatic carbocycles. The smallest absolute Gasteiger partial charge is 0.251 e. The fourth-order valence-corrected chi connectivity index (χ4v) is 2.11. The van der Waals surface area contributed by atoms with Gasteiger partial charge in [0.15, 0.2) is 0 Å². The van der Waals surface area contributed by atoms with Gasteiger partial charge in [-0.15, -0.1) is 0 Å². The maximum atomic E-state index is 12.3. The Labute approximate surface area is 127 Å². The van der Waals surface area contributed by atoms with Gasteiger partial charge < -0.3 is 10.4 Å². The van der Waals surface area contributed by atoms with Crippen LogP contribution in [-0.4, -0.2) is 23.7 Å². The maximum Gasteiger partial charge on any atom is 0.251 e. The van der Waals surface area contributed by atoms with E-state index in [-0.39, 0.29) is 18.6 Å². The van der Waals surface area contributed by atoms with Crippen molar-refractivity contribution in [2.75, 3.05) is 6.61 Å². The molecule has 3 nitrogen and oxygen atoms in total. The average Bonchev–Trinajstić information content (AvgIpc) is 2.44. The normalized spacial score (nSPS) is 11.7. The molecule has 1 amide bonds. The predicted octanol–water partition coefficient (Wildman–Crippen LogP) is 2.89.